The highest BCUT2D eigenvalue weighted by molar-refractivity contribution is 7.98. The van der Waals surface area contributed by atoms with Gasteiger partial charge in [-0.2, -0.15) is 11.8 Å². The zero-order valence-electron chi connectivity index (χ0n) is 20.5. The third kappa shape index (κ3) is 7.08. The van der Waals surface area contributed by atoms with Crippen LogP contribution < -0.4 is 10.6 Å². The second-order valence-electron chi connectivity index (χ2n) is 9.14. The molecule has 1 aliphatic rings. The number of aromatic nitrogens is 2. The Morgan fingerprint density at radius 3 is 2.63 bits per heavy atom. The van der Waals surface area contributed by atoms with E-state index in [1.807, 2.05) is 44.4 Å². The number of thioether (sulfide) groups is 1. The van der Waals surface area contributed by atoms with Gasteiger partial charge < -0.3 is 25.6 Å². The molecule has 0 fully saturated rings. The van der Waals surface area contributed by atoms with Gasteiger partial charge in [0.25, 0.3) is 0 Å². The smallest absolute Gasteiger partial charge is 0.326 e. The van der Waals surface area contributed by atoms with Gasteiger partial charge in [0.2, 0.25) is 11.8 Å². The van der Waals surface area contributed by atoms with Crippen LogP contribution in [0.25, 0.3) is 0 Å². The summed E-state index contributed by atoms with van der Waals surface area (Å²) in [6, 6.07) is 5.53. The van der Waals surface area contributed by atoms with Crippen molar-refractivity contribution < 1.29 is 19.5 Å². The van der Waals surface area contributed by atoms with Gasteiger partial charge in [-0.25, -0.2) is 9.78 Å². The van der Waals surface area contributed by atoms with Crippen LogP contribution in [0.15, 0.2) is 36.8 Å². The lowest BCUT2D eigenvalue weighted by atomic mass is 9.91. The molecule has 4 N–H and O–H groups in total. The van der Waals surface area contributed by atoms with E-state index in [1.165, 1.54) is 11.8 Å². The van der Waals surface area contributed by atoms with Crippen LogP contribution in [-0.2, 0) is 33.8 Å². The van der Waals surface area contributed by atoms with Gasteiger partial charge in [0.1, 0.15) is 12.1 Å². The van der Waals surface area contributed by atoms with Crippen LogP contribution >= 0.6 is 11.8 Å². The number of nitrogens with zero attached hydrogens (tertiary/aromatic N) is 2. The van der Waals surface area contributed by atoms with Crippen molar-refractivity contribution in [3.05, 3.63) is 53.6 Å². The summed E-state index contributed by atoms with van der Waals surface area (Å²) < 4.78 is 0. The van der Waals surface area contributed by atoms with Crippen LogP contribution in [-0.4, -0.2) is 74.4 Å². The number of rotatable bonds is 12. The number of nitrogens with one attached hydrogen (secondary N) is 3. The Labute approximate surface area is 210 Å². The van der Waals surface area contributed by atoms with Crippen LogP contribution in [0.2, 0.25) is 0 Å². The molecule has 2 amide bonds. The van der Waals surface area contributed by atoms with E-state index >= 15 is 0 Å². The number of imidazole rings is 1. The summed E-state index contributed by atoms with van der Waals surface area (Å²) in [6.45, 7) is 4.83. The summed E-state index contributed by atoms with van der Waals surface area (Å²) in [6.07, 6.45) is 6.64. The molecule has 1 aliphatic heterocycles. The summed E-state index contributed by atoms with van der Waals surface area (Å²) in [7, 11) is 0. The molecule has 3 rings (SSSR count). The molecule has 2 heterocycles. The van der Waals surface area contributed by atoms with Gasteiger partial charge in [0.05, 0.1) is 12.4 Å². The molecule has 9 nitrogen and oxygen atoms in total. The lowest BCUT2D eigenvalue weighted by molar-refractivity contribution is -0.146. The molecule has 0 radical (unpaired) electrons. The summed E-state index contributed by atoms with van der Waals surface area (Å²) in [5.74, 6) is -1.04. The van der Waals surface area contributed by atoms with Crippen LogP contribution in [0.5, 0.6) is 0 Å². The molecule has 0 saturated heterocycles. The normalized spacial score (nSPS) is 17.0. The summed E-state index contributed by atoms with van der Waals surface area (Å²) in [4.78, 5) is 47.6. The Balaban J connectivity index is 1.79. The van der Waals surface area contributed by atoms with Crippen LogP contribution in [0.3, 0.4) is 0 Å². The molecule has 3 atom stereocenters. The molecule has 0 unspecified atom stereocenters. The number of aliphatic carboxylic acids is 1. The van der Waals surface area contributed by atoms with E-state index in [-0.39, 0.29) is 11.8 Å². The van der Waals surface area contributed by atoms with Crippen molar-refractivity contribution in [3.8, 4) is 0 Å². The number of aromatic amines is 1. The third-order valence-electron chi connectivity index (χ3n) is 6.31. The van der Waals surface area contributed by atoms with Crippen molar-refractivity contribution in [3.63, 3.8) is 0 Å². The first-order valence-corrected chi connectivity index (χ1v) is 13.3. The van der Waals surface area contributed by atoms with Crippen molar-refractivity contribution in [2.75, 3.05) is 18.6 Å². The molecule has 0 spiro atoms. The first kappa shape index (κ1) is 26.7. The van der Waals surface area contributed by atoms with Gasteiger partial charge in [-0.1, -0.05) is 38.1 Å². The van der Waals surface area contributed by atoms with Crippen molar-refractivity contribution >= 4 is 29.5 Å². The Kier molecular flexibility index (Phi) is 9.73. The number of hydrogen-bond acceptors (Lipinski definition) is 6. The van der Waals surface area contributed by atoms with Gasteiger partial charge in [0.15, 0.2) is 0 Å². The van der Waals surface area contributed by atoms with E-state index in [4.69, 9.17) is 0 Å². The Morgan fingerprint density at radius 2 is 2.00 bits per heavy atom. The van der Waals surface area contributed by atoms with E-state index in [0.717, 1.165) is 16.8 Å². The number of H-pyrrole nitrogens is 1. The molecule has 190 valence electrons. The monoisotopic (exact) mass is 501 g/mol. The first-order chi connectivity index (χ1) is 16.8. The number of benzene rings is 1. The molecule has 1 aromatic carbocycles. The van der Waals surface area contributed by atoms with Gasteiger partial charge in [0, 0.05) is 37.8 Å². The number of hydrogen-bond donors (Lipinski definition) is 4. The Morgan fingerprint density at radius 1 is 1.26 bits per heavy atom. The van der Waals surface area contributed by atoms with Crippen LogP contribution in [0.4, 0.5) is 0 Å². The van der Waals surface area contributed by atoms with E-state index in [0.29, 0.717) is 38.1 Å². The van der Waals surface area contributed by atoms with Gasteiger partial charge in [-0.05, 0) is 35.5 Å². The standard InChI is InChI=1S/C25H35N5O4S/c1-16(2)22(27-10-8-19-13-26-15-28-19)24(32)30-14-18-7-5-4-6-17(18)12-21(30)23(31)29-20(25(33)34)9-11-35-3/h4-7,13,15-16,20-22,27H,8-12,14H2,1-3H3,(H,26,28)(H,29,31)(H,33,34)/t20-,21-,22+/m1/s1. The second kappa shape index (κ2) is 12.7. The molecular formula is C25H35N5O4S. The highest BCUT2D eigenvalue weighted by Gasteiger charge is 2.39. The predicted molar refractivity (Wildman–Crippen MR) is 136 cm³/mol. The minimum atomic E-state index is -1.07. The predicted octanol–water partition coefficient (Wildman–Crippen LogP) is 1.84. The maximum Gasteiger partial charge on any atom is 0.326 e. The minimum absolute atomic E-state index is 0.00139. The molecule has 0 aliphatic carbocycles. The summed E-state index contributed by atoms with van der Waals surface area (Å²) in [5.41, 5.74) is 2.98. The van der Waals surface area contributed by atoms with Crippen molar-refractivity contribution in [1.82, 2.24) is 25.5 Å². The van der Waals surface area contributed by atoms with Crippen molar-refractivity contribution in [1.29, 1.82) is 0 Å². The van der Waals surface area contributed by atoms with Crippen LogP contribution in [0.1, 0.15) is 37.1 Å². The molecule has 1 aromatic heterocycles. The molecular weight excluding hydrogens is 466 g/mol. The Hall–Kier alpha value is -2.85. The van der Waals surface area contributed by atoms with Gasteiger partial charge in [-0.3, -0.25) is 9.59 Å². The van der Waals surface area contributed by atoms with Gasteiger partial charge >= 0.3 is 5.97 Å². The maximum atomic E-state index is 13.8. The fourth-order valence-corrected chi connectivity index (χ4v) is 4.79. The topological polar surface area (TPSA) is 127 Å². The number of carboxylic acids is 1. The summed E-state index contributed by atoms with van der Waals surface area (Å²) >= 11 is 1.53. The molecule has 0 bridgehead atoms. The number of fused-ring (bicyclic) bond motifs is 1. The fraction of sp³-hybridized carbons (Fsp3) is 0.520. The van der Waals surface area contributed by atoms with Crippen molar-refractivity contribution in [2.24, 2.45) is 5.92 Å². The number of carboxylic acid groups (broad SMARTS) is 1. The lowest BCUT2D eigenvalue weighted by Crippen LogP contribution is -2.59. The molecule has 35 heavy (non-hydrogen) atoms. The van der Waals surface area contributed by atoms with Crippen LogP contribution in [0, 0.1) is 5.92 Å². The Bertz CT molecular complexity index is 998. The van der Waals surface area contributed by atoms with Crippen molar-refractivity contribution in [2.45, 2.75) is 57.8 Å². The quantitative estimate of drug-likeness (QED) is 0.349. The van der Waals surface area contributed by atoms with E-state index in [1.54, 1.807) is 17.4 Å². The van der Waals surface area contributed by atoms with E-state index in [2.05, 4.69) is 20.6 Å². The second-order valence-corrected chi connectivity index (χ2v) is 10.1. The number of amides is 2. The molecule has 2 aromatic rings. The van der Waals surface area contributed by atoms with E-state index < -0.39 is 30.0 Å². The first-order valence-electron chi connectivity index (χ1n) is 11.9. The minimum Gasteiger partial charge on any atom is -0.480 e. The molecule has 0 saturated carbocycles. The van der Waals surface area contributed by atoms with Gasteiger partial charge in [-0.15, -0.1) is 0 Å². The lowest BCUT2D eigenvalue weighted by Gasteiger charge is -2.39. The highest BCUT2D eigenvalue weighted by Crippen LogP contribution is 2.25. The average molecular weight is 502 g/mol. The molecule has 10 heteroatoms. The zero-order chi connectivity index (χ0) is 25.4. The number of carbonyl (C=O) groups is 3. The SMILES string of the molecule is CSCC[C@@H](NC(=O)[C@H]1Cc2ccccc2CN1C(=O)[C@@H](NCCc1cnc[nH]1)C(C)C)C(=O)O. The summed E-state index contributed by atoms with van der Waals surface area (Å²) in [5, 5.41) is 15.6. The van der Waals surface area contributed by atoms with E-state index in [9.17, 15) is 19.5 Å². The largest absolute Gasteiger partial charge is 0.480 e. The zero-order valence-corrected chi connectivity index (χ0v) is 21.3. The highest BCUT2D eigenvalue weighted by atomic mass is 32.2. The fourth-order valence-electron chi connectivity index (χ4n) is 4.32. The maximum absolute atomic E-state index is 13.8. The average Bonchev–Trinajstić information content (AvgIpc) is 3.36. The third-order valence-corrected chi connectivity index (χ3v) is 6.95. The number of carbonyl (C=O) groups excluding carboxylic acids is 2.